The number of hydrogen-bond donors (Lipinski definition) is 1. The summed E-state index contributed by atoms with van der Waals surface area (Å²) in [6, 6.07) is 18.6. The second-order valence-corrected chi connectivity index (χ2v) is 9.38. The number of nitrogens with zero attached hydrogens (tertiary/aromatic N) is 4. The molecule has 0 aliphatic carbocycles. The molecule has 1 saturated heterocycles. The second-order valence-electron chi connectivity index (χ2n) is 8.44. The van der Waals surface area contributed by atoms with E-state index < -0.39 is 0 Å². The molecule has 1 N–H and O–H groups in total. The van der Waals surface area contributed by atoms with Crippen LogP contribution in [0.25, 0.3) is 21.5 Å². The number of nitrogens with one attached hydrogen (secondary N) is 1. The lowest BCUT2D eigenvalue weighted by atomic mass is 10.0. The van der Waals surface area contributed by atoms with Gasteiger partial charge in [0.15, 0.2) is 0 Å². The number of amides is 1. The summed E-state index contributed by atoms with van der Waals surface area (Å²) in [7, 11) is 0. The van der Waals surface area contributed by atoms with Crippen LogP contribution in [0.2, 0.25) is 0 Å². The molecular weight excluding hydrogens is 434 g/mol. The maximum absolute atomic E-state index is 12.6. The quantitative estimate of drug-likeness (QED) is 0.449. The maximum Gasteiger partial charge on any atom is 0.241 e. The van der Waals surface area contributed by atoms with Gasteiger partial charge in [0.05, 0.1) is 24.0 Å². The number of fused-ring (bicyclic) bond motifs is 1. The van der Waals surface area contributed by atoms with Crippen molar-refractivity contribution in [2.45, 2.75) is 19.5 Å². The van der Waals surface area contributed by atoms with Crippen molar-refractivity contribution in [1.82, 2.24) is 25.3 Å². The smallest absolute Gasteiger partial charge is 0.241 e. The Morgan fingerprint density at radius 2 is 1.85 bits per heavy atom. The van der Waals surface area contributed by atoms with Crippen molar-refractivity contribution in [3.63, 3.8) is 0 Å². The van der Waals surface area contributed by atoms with E-state index in [9.17, 15) is 4.79 Å². The molecule has 2 aromatic carbocycles. The Hall–Kier alpha value is -3.07. The Morgan fingerprint density at radius 3 is 2.64 bits per heavy atom. The highest BCUT2D eigenvalue weighted by Crippen LogP contribution is 2.22. The third-order valence-electron chi connectivity index (χ3n) is 6.05. The molecule has 1 aliphatic rings. The highest BCUT2D eigenvalue weighted by Gasteiger charge is 2.22. The van der Waals surface area contributed by atoms with Crippen molar-refractivity contribution in [3.8, 4) is 10.7 Å². The molecule has 1 amide bonds. The van der Waals surface area contributed by atoms with Gasteiger partial charge in [-0.1, -0.05) is 47.6 Å². The van der Waals surface area contributed by atoms with E-state index in [0.717, 1.165) is 36.6 Å². The summed E-state index contributed by atoms with van der Waals surface area (Å²) in [6.07, 6.45) is 0. The Kier molecular flexibility index (Phi) is 6.48. The van der Waals surface area contributed by atoms with Crippen LogP contribution in [0.1, 0.15) is 24.4 Å². The average Bonchev–Trinajstić information content (AvgIpc) is 3.52. The first-order chi connectivity index (χ1) is 16.1. The molecule has 4 aromatic rings. The molecule has 1 fully saturated rings. The number of carbonyl (C=O) groups is 1. The lowest BCUT2D eigenvalue weighted by molar-refractivity contribution is -0.123. The number of benzene rings is 2. The Balaban J connectivity index is 1.08. The van der Waals surface area contributed by atoms with E-state index in [4.69, 9.17) is 4.52 Å². The van der Waals surface area contributed by atoms with Crippen LogP contribution in [-0.2, 0) is 11.3 Å². The first-order valence-corrected chi connectivity index (χ1v) is 12.1. The summed E-state index contributed by atoms with van der Waals surface area (Å²) >= 11 is 1.60. The molecule has 0 saturated carbocycles. The fraction of sp³-hybridized carbons (Fsp3) is 0.320. The number of thiophene rings is 1. The largest absolute Gasteiger partial charge is 0.348 e. The van der Waals surface area contributed by atoms with Gasteiger partial charge in [-0.2, -0.15) is 4.98 Å². The topological polar surface area (TPSA) is 74.5 Å². The number of aromatic nitrogens is 2. The zero-order valence-electron chi connectivity index (χ0n) is 18.6. The van der Waals surface area contributed by atoms with Gasteiger partial charge >= 0.3 is 0 Å². The van der Waals surface area contributed by atoms with Crippen LogP contribution in [-0.4, -0.2) is 58.6 Å². The lowest BCUT2D eigenvalue weighted by Gasteiger charge is -2.33. The van der Waals surface area contributed by atoms with Crippen LogP contribution in [0, 0.1) is 0 Å². The van der Waals surface area contributed by atoms with Gasteiger partial charge in [0, 0.05) is 26.2 Å². The fourth-order valence-electron chi connectivity index (χ4n) is 4.17. The minimum absolute atomic E-state index is 0.0292. The minimum atomic E-state index is -0.0292. The zero-order valence-corrected chi connectivity index (χ0v) is 19.4. The van der Waals surface area contributed by atoms with Gasteiger partial charge in [-0.15, -0.1) is 11.3 Å². The molecular formula is C25H27N5O2S. The van der Waals surface area contributed by atoms with Gasteiger partial charge in [0.2, 0.25) is 17.6 Å². The average molecular weight is 462 g/mol. The summed E-state index contributed by atoms with van der Waals surface area (Å²) < 4.78 is 5.42. The van der Waals surface area contributed by atoms with E-state index >= 15 is 0 Å². The van der Waals surface area contributed by atoms with E-state index in [1.165, 1.54) is 10.8 Å². The molecule has 0 bridgehead atoms. The number of piperazine rings is 1. The molecule has 2 aromatic heterocycles. The van der Waals surface area contributed by atoms with E-state index in [1.807, 2.05) is 36.6 Å². The number of carbonyl (C=O) groups excluding carboxylic acids is 1. The summed E-state index contributed by atoms with van der Waals surface area (Å²) in [5, 5.41) is 11.6. The molecule has 7 nitrogen and oxygen atoms in total. The Morgan fingerprint density at radius 1 is 1.06 bits per heavy atom. The second kappa shape index (κ2) is 9.82. The Bertz CT molecular complexity index is 1210. The van der Waals surface area contributed by atoms with Crippen LogP contribution >= 0.6 is 11.3 Å². The molecule has 170 valence electrons. The first kappa shape index (κ1) is 21.8. The predicted octanol–water partition coefficient (Wildman–Crippen LogP) is 3.95. The van der Waals surface area contributed by atoms with Crippen molar-refractivity contribution < 1.29 is 9.32 Å². The maximum atomic E-state index is 12.6. The van der Waals surface area contributed by atoms with Gasteiger partial charge < -0.3 is 9.84 Å². The molecule has 0 spiro atoms. The van der Waals surface area contributed by atoms with E-state index in [2.05, 4.69) is 55.6 Å². The molecule has 8 heteroatoms. The molecule has 33 heavy (non-hydrogen) atoms. The van der Waals surface area contributed by atoms with Crippen molar-refractivity contribution in [1.29, 1.82) is 0 Å². The predicted molar refractivity (Wildman–Crippen MR) is 130 cm³/mol. The van der Waals surface area contributed by atoms with Crippen molar-refractivity contribution >= 4 is 28.0 Å². The first-order valence-electron chi connectivity index (χ1n) is 11.2. The van der Waals surface area contributed by atoms with Crippen LogP contribution < -0.4 is 5.32 Å². The third kappa shape index (κ3) is 5.30. The van der Waals surface area contributed by atoms with Crippen molar-refractivity contribution in [2.24, 2.45) is 0 Å². The standard InChI is InChI=1S/C25H27N5O2S/c1-18(20-9-8-19-5-2-3-6-21(19)15-20)26-23(31)16-29-10-12-30(13-11-29)17-24-27-25(28-32-24)22-7-4-14-33-22/h2-9,14-15,18H,10-13,16-17H2,1H3,(H,26,31). The van der Waals surface area contributed by atoms with Gasteiger partial charge in [0.25, 0.3) is 0 Å². The van der Waals surface area contributed by atoms with E-state index in [1.54, 1.807) is 11.3 Å². The van der Waals surface area contributed by atoms with Crippen LogP contribution in [0.15, 0.2) is 64.5 Å². The SMILES string of the molecule is CC(NC(=O)CN1CCN(Cc2nc(-c3cccs3)no2)CC1)c1ccc2ccccc2c1. The van der Waals surface area contributed by atoms with Gasteiger partial charge in [-0.25, -0.2) is 0 Å². The van der Waals surface area contributed by atoms with Crippen LogP contribution in [0.5, 0.6) is 0 Å². The number of rotatable bonds is 7. The summed E-state index contributed by atoms with van der Waals surface area (Å²) in [6.45, 7) is 6.49. The molecule has 0 radical (unpaired) electrons. The highest BCUT2D eigenvalue weighted by molar-refractivity contribution is 7.13. The lowest BCUT2D eigenvalue weighted by Crippen LogP contribution is -2.49. The zero-order chi connectivity index (χ0) is 22.6. The third-order valence-corrected chi connectivity index (χ3v) is 6.92. The highest BCUT2D eigenvalue weighted by atomic mass is 32.1. The molecule has 5 rings (SSSR count). The number of hydrogen-bond acceptors (Lipinski definition) is 7. The fourth-order valence-corrected chi connectivity index (χ4v) is 4.82. The van der Waals surface area contributed by atoms with Gasteiger partial charge in [0.1, 0.15) is 0 Å². The molecule has 3 heterocycles. The summed E-state index contributed by atoms with van der Waals surface area (Å²) in [5.74, 6) is 1.34. The Labute approximate surface area is 197 Å². The van der Waals surface area contributed by atoms with Gasteiger partial charge in [-0.3, -0.25) is 14.6 Å². The van der Waals surface area contributed by atoms with Crippen molar-refractivity contribution in [3.05, 3.63) is 71.4 Å². The minimum Gasteiger partial charge on any atom is -0.348 e. The normalized spacial score (nSPS) is 16.2. The molecule has 1 atom stereocenters. The van der Waals surface area contributed by atoms with Gasteiger partial charge in [-0.05, 0) is 40.8 Å². The van der Waals surface area contributed by atoms with Crippen molar-refractivity contribution in [2.75, 3.05) is 32.7 Å². The monoisotopic (exact) mass is 461 g/mol. The van der Waals surface area contributed by atoms with E-state index in [0.29, 0.717) is 24.8 Å². The van der Waals surface area contributed by atoms with Crippen LogP contribution in [0.4, 0.5) is 0 Å². The molecule has 1 unspecified atom stereocenters. The van der Waals surface area contributed by atoms with E-state index in [-0.39, 0.29) is 11.9 Å². The summed E-state index contributed by atoms with van der Waals surface area (Å²) in [5.41, 5.74) is 1.12. The summed E-state index contributed by atoms with van der Waals surface area (Å²) in [4.78, 5) is 22.7. The molecule has 1 aliphatic heterocycles. The van der Waals surface area contributed by atoms with Crippen LogP contribution in [0.3, 0.4) is 0 Å².